The molecule has 0 fully saturated rings. The monoisotopic (exact) mass is 313 g/mol. The van der Waals surface area contributed by atoms with E-state index in [-0.39, 0.29) is 0 Å². The number of benzene rings is 2. The minimum Gasteiger partial charge on any atom is -0.465 e. The maximum atomic E-state index is 10.8. The van der Waals surface area contributed by atoms with E-state index in [1.54, 1.807) is 18.7 Å². The molecule has 0 spiro atoms. The Bertz CT molecular complexity index is 866. The van der Waals surface area contributed by atoms with Crippen molar-refractivity contribution < 1.29 is 9.90 Å². The summed E-state index contributed by atoms with van der Waals surface area (Å²) in [5, 5.41) is 12.6. The van der Waals surface area contributed by atoms with Gasteiger partial charge in [-0.1, -0.05) is 29.5 Å². The number of nitrogens with one attached hydrogen (secondary N) is 1. The Labute approximate surface area is 131 Å². The summed E-state index contributed by atoms with van der Waals surface area (Å²) in [5.41, 5.74) is 1.21. The molecule has 0 aromatic heterocycles. The third-order valence-corrected chi connectivity index (χ3v) is 4.17. The minimum atomic E-state index is -1.14. The maximum absolute atomic E-state index is 10.8. The highest BCUT2D eigenvalue weighted by molar-refractivity contribution is 7.99. The van der Waals surface area contributed by atoms with E-state index in [1.165, 1.54) is 5.56 Å². The van der Waals surface area contributed by atoms with E-state index in [4.69, 9.17) is 5.11 Å². The molecule has 2 aromatic rings. The standard InChI is InChI=1S/C16H15N3O2S/c1-10-4-3-5-11(8-10)22-12-6-7-13-14(9-12)18-16(2,17-13)19-15(20)21/h3-9,19H,1-2H3,(H,20,21). The van der Waals surface area contributed by atoms with Crippen LogP contribution in [0.1, 0.15) is 12.5 Å². The molecule has 6 heteroatoms. The number of rotatable bonds is 3. The molecule has 1 amide bonds. The molecule has 2 aromatic carbocycles. The summed E-state index contributed by atoms with van der Waals surface area (Å²) in [5.74, 6) is -1.14. The fourth-order valence-corrected chi connectivity index (χ4v) is 3.29. The first-order valence-electron chi connectivity index (χ1n) is 6.79. The van der Waals surface area contributed by atoms with Gasteiger partial charge in [0.25, 0.3) is 0 Å². The first kappa shape index (κ1) is 14.6. The van der Waals surface area contributed by atoms with Gasteiger partial charge in [-0.3, -0.25) is 5.32 Å². The second-order valence-electron chi connectivity index (χ2n) is 5.24. The van der Waals surface area contributed by atoms with E-state index < -0.39 is 11.9 Å². The minimum absolute atomic E-state index is 0.699. The maximum Gasteiger partial charge on any atom is 0.408 e. The van der Waals surface area contributed by atoms with Gasteiger partial charge in [0.15, 0.2) is 0 Å². The topological polar surface area (TPSA) is 74.0 Å². The summed E-state index contributed by atoms with van der Waals surface area (Å²) in [6, 6.07) is 14.0. The van der Waals surface area contributed by atoms with E-state index in [2.05, 4.69) is 40.4 Å². The first-order chi connectivity index (χ1) is 10.4. The van der Waals surface area contributed by atoms with Crippen molar-refractivity contribution in [1.82, 2.24) is 5.32 Å². The number of aryl methyl sites for hydroxylation is 1. The van der Waals surface area contributed by atoms with Gasteiger partial charge in [0.1, 0.15) is 0 Å². The van der Waals surface area contributed by atoms with E-state index >= 15 is 0 Å². The van der Waals surface area contributed by atoms with Gasteiger partial charge in [0.2, 0.25) is 5.79 Å². The molecule has 1 unspecified atom stereocenters. The van der Waals surface area contributed by atoms with Crippen LogP contribution in [0, 0.1) is 6.92 Å². The number of hydrogen-bond acceptors (Lipinski definition) is 4. The van der Waals surface area contributed by atoms with Crippen molar-refractivity contribution >= 4 is 17.9 Å². The third kappa shape index (κ3) is 3.12. The highest BCUT2D eigenvalue weighted by Crippen LogP contribution is 2.26. The SMILES string of the molecule is Cc1cccc(Sc2ccc3c(c2)=NC(C)(NC(=O)O)N=3)c1. The van der Waals surface area contributed by atoms with Gasteiger partial charge in [-0.25, -0.2) is 14.8 Å². The molecule has 0 radical (unpaired) electrons. The Kier molecular flexibility index (Phi) is 3.62. The molecule has 1 aliphatic heterocycles. The van der Waals surface area contributed by atoms with Crippen LogP contribution in [0.25, 0.3) is 0 Å². The molecule has 5 nitrogen and oxygen atoms in total. The lowest BCUT2D eigenvalue weighted by Gasteiger charge is -2.16. The highest BCUT2D eigenvalue weighted by Gasteiger charge is 2.26. The third-order valence-electron chi connectivity index (χ3n) is 3.19. The van der Waals surface area contributed by atoms with Crippen LogP contribution in [0.5, 0.6) is 0 Å². The molecule has 3 rings (SSSR count). The summed E-state index contributed by atoms with van der Waals surface area (Å²) in [6.45, 7) is 3.69. The van der Waals surface area contributed by atoms with Crippen LogP contribution in [0.2, 0.25) is 0 Å². The zero-order chi connectivity index (χ0) is 15.7. The summed E-state index contributed by atoms with van der Waals surface area (Å²) in [7, 11) is 0. The molecule has 1 heterocycles. The van der Waals surface area contributed by atoms with Gasteiger partial charge < -0.3 is 5.11 Å². The van der Waals surface area contributed by atoms with Crippen LogP contribution in [-0.4, -0.2) is 17.0 Å². The van der Waals surface area contributed by atoms with Crippen molar-refractivity contribution in [3.05, 3.63) is 58.7 Å². The van der Waals surface area contributed by atoms with Crippen LogP contribution in [0.3, 0.4) is 0 Å². The van der Waals surface area contributed by atoms with Crippen molar-refractivity contribution in [3.63, 3.8) is 0 Å². The number of amides is 1. The van der Waals surface area contributed by atoms with Crippen molar-refractivity contribution in [2.45, 2.75) is 29.4 Å². The van der Waals surface area contributed by atoms with E-state index in [0.717, 1.165) is 9.79 Å². The zero-order valence-electron chi connectivity index (χ0n) is 12.2. The fraction of sp³-hybridized carbons (Fsp3) is 0.188. The van der Waals surface area contributed by atoms with E-state index in [9.17, 15) is 4.79 Å². The largest absolute Gasteiger partial charge is 0.465 e. The Morgan fingerprint density at radius 3 is 2.59 bits per heavy atom. The van der Waals surface area contributed by atoms with Gasteiger partial charge in [-0.2, -0.15) is 0 Å². The molecular weight excluding hydrogens is 298 g/mol. The number of fused-ring (bicyclic) bond motifs is 1. The van der Waals surface area contributed by atoms with E-state index in [0.29, 0.717) is 10.7 Å². The smallest absolute Gasteiger partial charge is 0.408 e. The van der Waals surface area contributed by atoms with Crippen LogP contribution < -0.4 is 16.0 Å². The molecule has 1 atom stereocenters. The molecule has 2 N–H and O–H groups in total. The van der Waals surface area contributed by atoms with Crippen molar-refractivity contribution in [2.24, 2.45) is 9.98 Å². The average molecular weight is 313 g/mol. The van der Waals surface area contributed by atoms with Crippen LogP contribution >= 0.6 is 11.8 Å². The second-order valence-corrected chi connectivity index (χ2v) is 6.39. The lowest BCUT2D eigenvalue weighted by Crippen LogP contribution is -2.41. The summed E-state index contributed by atoms with van der Waals surface area (Å²) >= 11 is 1.64. The molecule has 1 aliphatic rings. The Morgan fingerprint density at radius 1 is 1.14 bits per heavy atom. The van der Waals surface area contributed by atoms with Crippen LogP contribution in [-0.2, 0) is 0 Å². The predicted octanol–water partition coefficient (Wildman–Crippen LogP) is 2.34. The molecule has 0 bridgehead atoms. The number of hydrogen-bond donors (Lipinski definition) is 2. The quantitative estimate of drug-likeness (QED) is 0.913. The van der Waals surface area contributed by atoms with Crippen molar-refractivity contribution in [3.8, 4) is 0 Å². The summed E-state index contributed by atoms with van der Waals surface area (Å²) < 4.78 is 0. The molecule has 0 saturated heterocycles. The second kappa shape index (κ2) is 5.46. The number of carbonyl (C=O) groups is 1. The Hall–Kier alpha value is -2.34. The van der Waals surface area contributed by atoms with Crippen LogP contribution in [0.4, 0.5) is 4.79 Å². The first-order valence-corrected chi connectivity index (χ1v) is 7.61. The Morgan fingerprint density at radius 2 is 1.86 bits per heavy atom. The van der Waals surface area contributed by atoms with E-state index in [1.807, 2.05) is 24.3 Å². The lowest BCUT2D eigenvalue weighted by molar-refractivity contribution is 0.182. The van der Waals surface area contributed by atoms with Gasteiger partial charge in [0.05, 0.1) is 10.7 Å². The Balaban J connectivity index is 1.91. The van der Waals surface area contributed by atoms with Crippen molar-refractivity contribution in [1.29, 1.82) is 0 Å². The summed E-state index contributed by atoms with van der Waals surface area (Å²) in [6.07, 6.45) is -1.14. The van der Waals surface area contributed by atoms with Gasteiger partial charge >= 0.3 is 6.09 Å². The average Bonchev–Trinajstić information content (AvgIpc) is 2.72. The van der Waals surface area contributed by atoms with Crippen LogP contribution in [0.15, 0.2) is 62.2 Å². The predicted molar refractivity (Wildman–Crippen MR) is 83.6 cm³/mol. The van der Waals surface area contributed by atoms with Gasteiger partial charge in [0, 0.05) is 16.7 Å². The number of nitrogens with zero attached hydrogens (tertiary/aromatic N) is 2. The van der Waals surface area contributed by atoms with Gasteiger partial charge in [-0.15, -0.1) is 0 Å². The highest BCUT2D eigenvalue weighted by atomic mass is 32.2. The molecule has 0 aliphatic carbocycles. The number of carboxylic acid groups (broad SMARTS) is 1. The molecular formula is C16H15N3O2S. The molecule has 112 valence electrons. The lowest BCUT2D eigenvalue weighted by atomic mass is 10.2. The van der Waals surface area contributed by atoms with Crippen molar-refractivity contribution in [2.75, 3.05) is 0 Å². The zero-order valence-corrected chi connectivity index (χ0v) is 13.0. The molecule has 22 heavy (non-hydrogen) atoms. The van der Waals surface area contributed by atoms with Gasteiger partial charge in [-0.05, 0) is 37.3 Å². The summed E-state index contributed by atoms with van der Waals surface area (Å²) in [4.78, 5) is 21.7. The molecule has 0 saturated carbocycles. The normalized spacial score (nSPS) is 19.0. The fourth-order valence-electron chi connectivity index (χ4n) is 2.32.